The fourth-order valence-corrected chi connectivity index (χ4v) is 3.16. The van der Waals surface area contributed by atoms with Gasteiger partial charge in [0.05, 0.1) is 0 Å². The van der Waals surface area contributed by atoms with Crippen LogP contribution in [-0.2, 0) is 0 Å². The Bertz CT molecular complexity index is 363. The van der Waals surface area contributed by atoms with Crippen LogP contribution in [0.2, 0.25) is 5.02 Å². The Kier molecular flexibility index (Phi) is 2.78. The van der Waals surface area contributed by atoms with E-state index in [0.29, 0.717) is 0 Å². The molecule has 1 aromatic carbocycles. The maximum atomic E-state index is 5.93. The van der Waals surface area contributed by atoms with Crippen molar-refractivity contribution in [1.82, 2.24) is 5.32 Å². The number of rotatable bonds is 1. The van der Waals surface area contributed by atoms with Gasteiger partial charge in [-0.25, -0.2) is 0 Å². The molecule has 0 bridgehead atoms. The highest BCUT2D eigenvalue weighted by Gasteiger charge is 2.35. The molecule has 0 spiro atoms. The number of halogens is 1. The van der Waals surface area contributed by atoms with E-state index in [-0.39, 0.29) is 0 Å². The molecular formula is C13H17ClN2. The van der Waals surface area contributed by atoms with Crippen molar-refractivity contribution in [2.24, 2.45) is 5.92 Å². The van der Waals surface area contributed by atoms with Crippen LogP contribution in [0, 0.1) is 5.92 Å². The van der Waals surface area contributed by atoms with Gasteiger partial charge in [0.2, 0.25) is 0 Å². The Balaban J connectivity index is 1.82. The summed E-state index contributed by atoms with van der Waals surface area (Å²) < 4.78 is 0. The zero-order chi connectivity index (χ0) is 11.0. The van der Waals surface area contributed by atoms with Crippen molar-refractivity contribution in [2.75, 3.05) is 24.5 Å². The van der Waals surface area contributed by atoms with Gasteiger partial charge in [0.25, 0.3) is 0 Å². The van der Waals surface area contributed by atoms with Crippen LogP contribution in [0.5, 0.6) is 0 Å². The predicted molar refractivity (Wildman–Crippen MR) is 68.2 cm³/mol. The van der Waals surface area contributed by atoms with E-state index in [1.807, 2.05) is 12.1 Å². The molecule has 0 saturated carbocycles. The Morgan fingerprint density at radius 2 is 2.00 bits per heavy atom. The molecule has 0 amide bonds. The molecule has 2 atom stereocenters. The number of hydrogen-bond acceptors (Lipinski definition) is 2. The number of fused-ring (bicyclic) bond motifs is 1. The van der Waals surface area contributed by atoms with E-state index in [1.54, 1.807) is 0 Å². The SMILES string of the molecule is Clc1ccc(N2CC[C@H]3CNCC[C@H]32)cc1. The molecule has 0 radical (unpaired) electrons. The van der Waals surface area contributed by atoms with Gasteiger partial charge in [0.15, 0.2) is 0 Å². The lowest BCUT2D eigenvalue weighted by Crippen LogP contribution is -2.43. The monoisotopic (exact) mass is 236 g/mol. The van der Waals surface area contributed by atoms with Gasteiger partial charge in [-0.1, -0.05) is 11.6 Å². The zero-order valence-corrected chi connectivity index (χ0v) is 10.1. The third-order valence-corrected chi connectivity index (χ3v) is 4.12. The van der Waals surface area contributed by atoms with E-state index in [2.05, 4.69) is 22.3 Å². The maximum absolute atomic E-state index is 5.93. The molecule has 2 fully saturated rings. The summed E-state index contributed by atoms with van der Waals surface area (Å²) in [5, 5.41) is 4.31. The van der Waals surface area contributed by atoms with Gasteiger partial charge >= 0.3 is 0 Å². The minimum absolute atomic E-state index is 0.738. The van der Waals surface area contributed by atoms with Crippen LogP contribution in [0.15, 0.2) is 24.3 Å². The van der Waals surface area contributed by atoms with E-state index in [0.717, 1.165) is 23.5 Å². The average molecular weight is 237 g/mol. The number of nitrogens with one attached hydrogen (secondary N) is 1. The molecule has 1 aromatic rings. The number of benzene rings is 1. The zero-order valence-electron chi connectivity index (χ0n) is 9.32. The summed E-state index contributed by atoms with van der Waals surface area (Å²) in [4.78, 5) is 2.56. The van der Waals surface area contributed by atoms with Gasteiger partial charge in [-0.05, 0) is 56.1 Å². The van der Waals surface area contributed by atoms with Crippen LogP contribution in [-0.4, -0.2) is 25.7 Å². The lowest BCUT2D eigenvalue weighted by Gasteiger charge is -2.33. The first-order chi connectivity index (χ1) is 7.84. The minimum atomic E-state index is 0.738. The fourth-order valence-electron chi connectivity index (χ4n) is 3.04. The molecular weight excluding hydrogens is 220 g/mol. The van der Waals surface area contributed by atoms with E-state index in [4.69, 9.17) is 11.6 Å². The van der Waals surface area contributed by atoms with Gasteiger partial charge < -0.3 is 10.2 Å². The van der Waals surface area contributed by atoms with Crippen LogP contribution in [0.1, 0.15) is 12.8 Å². The molecule has 3 rings (SSSR count). The van der Waals surface area contributed by atoms with E-state index < -0.39 is 0 Å². The molecule has 16 heavy (non-hydrogen) atoms. The second-order valence-electron chi connectivity index (χ2n) is 4.78. The van der Waals surface area contributed by atoms with Gasteiger partial charge in [0.1, 0.15) is 0 Å². The number of piperidine rings is 1. The largest absolute Gasteiger partial charge is 0.368 e. The Hall–Kier alpha value is -0.730. The molecule has 1 N–H and O–H groups in total. The molecule has 2 saturated heterocycles. The topological polar surface area (TPSA) is 15.3 Å². The molecule has 2 nitrogen and oxygen atoms in total. The van der Waals surface area contributed by atoms with Crippen molar-refractivity contribution in [1.29, 1.82) is 0 Å². The van der Waals surface area contributed by atoms with Crippen LogP contribution in [0.25, 0.3) is 0 Å². The number of hydrogen-bond donors (Lipinski definition) is 1. The highest BCUT2D eigenvalue weighted by Crippen LogP contribution is 2.33. The fraction of sp³-hybridized carbons (Fsp3) is 0.538. The summed E-state index contributed by atoms with van der Waals surface area (Å²) in [6, 6.07) is 9.01. The van der Waals surface area contributed by atoms with Crippen LogP contribution < -0.4 is 10.2 Å². The summed E-state index contributed by atoms with van der Waals surface area (Å²) in [6.07, 6.45) is 2.59. The van der Waals surface area contributed by atoms with Crippen molar-refractivity contribution >= 4 is 17.3 Å². The van der Waals surface area contributed by atoms with Crippen molar-refractivity contribution < 1.29 is 0 Å². The summed E-state index contributed by atoms with van der Waals surface area (Å²) in [5.41, 5.74) is 1.33. The molecule has 2 aliphatic rings. The first-order valence-corrected chi connectivity index (χ1v) is 6.45. The van der Waals surface area contributed by atoms with Crippen molar-refractivity contribution in [3.05, 3.63) is 29.3 Å². The summed E-state index contributed by atoms with van der Waals surface area (Å²) >= 11 is 5.93. The number of anilines is 1. The third-order valence-electron chi connectivity index (χ3n) is 3.87. The van der Waals surface area contributed by atoms with Crippen molar-refractivity contribution in [2.45, 2.75) is 18.9 Å². The Morgan fingerprint density at radius 3 is 2.81 bits per heavy atom. The van der Waals surface area contributed by atoms with Crippen LogP contribution in [0.3, 0.4) is 0 Å². The molecule has 86 valence electrons. The standard InChI is InChI=1S/C13H17ClN2/c14-11-1-3-12(4-2-11)16-8-6-10-9-15-7-5-13(10)16/h1-4,10,13,15H,5-9H2/t10-,13+/m0/s1. The smallest absolute Gasteiger partial charge is 0.0407 e. The summed E-state index contributed by atoms with van der Waals surface area (Å²) in [6.45, 7) is 3.54. The lowest BCUT2D eigenvalue weighted by atomic mass is 9.94. The Morgan fingerprint density at radius 1 is 1.19 bits per heavy atom. The first-order valence-electron chi connectivity index (χ1n) is 6.07. The highest BCUT2D eigenvalue weighted by molar-refractivity contribution is 6.30. The molecule has 0 aromatic heterocycles. The average Bonchev–Trinajstić information content (AvgIpc) is 2.74. The van der Waals surface area contributed by atoms with Gasteiger partial charge in [-0.15, -0.1) is 0 Å². The predicted octanol–water partition coefficient (Wildman–Crippen LogP) is 2.53. The maximum Gasteiger partial charge on any atom is 0.0407 e. The third kappa shape index (κ3) is 1.80. The van der Waals surface area contributed by atoms with Gasteiger partial charge in [0, 0.05) is 23.3 Å². The summed E-state index contributed by atoms with van der Waals surface area (Å²) in [7, 11) is 0. The first kappa shape index (κ1) is 10.4. The quantitative estimate of drug-likeness (QED) is 0.806. The highest BCUT2D eigenvalue weighted by atomic mass is 35.5. The van der Waals surface area contributed by atoms with Gasteiger partial charge in [-0.3, -0.25) is 0 Å². The lowest BCUT2D eigenvalue weighted by molar-refractivity contribution is 0.361. The van der Waals surface area contributed by atoms with Crippen LogP contribution >= 0.6 is 11.6 Å². The van der Waals surface area contributed by atoms with Gasteiger partial charge in [-0.2, -0.15) is 0 Å². The number of nitrogens with zero attached hydrogens (tertiary/aromatic N) is 1. The van der Waals surface area contributed by atoms with Crippen LogP contribution in [0.4, 0.5) is 5.69 Å². The summed E-state index contributed by atoms with van der Waals surface area (Å²) in [5.74, 6) is 0.837. The van der Waals surface area contributed by atoms with E-state index in [1.165, 1.54) is 31.6 Å². The molecule has 0 unspecified atom stereocenters. The second kappa shape index (κ2) is 4.27. The van der Waals surface area contributed by atoms with Crippen molar-refractivity contribution in [3.63, 3.8) is 0 Å². The molecule has 2 aliphatic heterocycles. The second-order valence-corrected chi connectivity index (χ2v) is 5.22. The molecule has 0 aliphatic carbocycles. The Labute approximate surface area is 102 Å². The minimum Gasteiger partial charge on any atom is -0.368 e. The normalized spacial score (nSPS) is 29.2. The molecule has 3 heteroatoms. The van der Waals surface area contributed by atoms with Crippen molar-refractivity contribution in [3.8, 4) is 0 Å². The molecule has 2 heterocycles. The van der Waals surface area contributed by atoms with E-state index >= 15 is 0 Å². The van der Waals surface area contributed by atoms with E-state index in [9.17, 15) is 0 Å².